The number of aromatic nitrogens is 2. The number of hydrogen-bond acceptors (Lipinski definition) is 5. The van der Waals surface area contributed by atoms with E-state index in [1.165, 1.54) is 16.6 Å². The molecule has 8 nitrogen and oxygen atoms in total. The summed E-state index contributed by atoms with van der Waals surface area (Å²) in [6, 6.07) is 16.2. The fourth-order valence-electron chi connectivity index (χ4n) is 3.20. The number of ether oxygens (including phenoxy) is 1. The van der Waals surface area contributed by atoms with Crippen LogP contribution in [0.3, 0.4) is 0 Å². The van der Waals surface area contributed by atoms with Crippen molar-refractivity contribution in [3.8, 4) is 0 Å². The zero-order valence-corrected chi connectivity index (χ0v) is 17.8. The van der Waals surface area contributed by atoms with Crippen molar-refractivity contribution in [2.75, 3.05) is 24.4 Å². The summed E-state index contributed by atoms with van der Waals surface area (Å²) < 4.78 is 6.20. The highest BCUT2D eigenvalue weighted by molar-refractivity contribution is 6.31. The zero-order chi connectivity index (χ0) is 22.4. The Bertz CT molecular complexity index is 1170. The van der Waals surface area contributed by atoms with Gasteiger partial charge >= 0.3 is 5.69 Å². The van der Waals surface area contributed by atoms with Gasteiger partial charge in [0.1, 0.15) is 5.82 Å². The van der Waals surface area contributed by atoms with Gasteiger partial charge in [0.2, 0.25) is 5.91 Å². The molecular formula is C22H23ClN4O4. The highest BCUT2D eigenvalue weighted by Gasteiger charge is 2.25. The van der Waals surface area contributed by atoms with Gasteiger partial charge in [0, 0.05) is 12.1 Å². The van der Waals surface area contributed by atoms with Gasteiger partial charge in [-0.2, -0.15) is 0 Å². The third kappa shape index (κ3) is 5.22. The maximum absolute atomic E-state index is 13.3. The minimum atomic E-state index is -0.736. The standard InChI is InChI=1S/C22H23ClN4O4/c1-31-12-11-26-20(24)19(21(29)25-22(26)30)27(14-15-7-3-2-4-8-15)18(28)13-16-9-5-6-10-17(16)23/h2-10H,11-14,24H2,1H3,(H,25,29,30). The third-order valence-corrected chi connectivity index (χ3v) is 5.16. The topological polar surface area (TPSA) is 110 Å². The molecule has 0 aliphatic rings. The fraction of sp³-hybridized carbons (Fsp3) is 0.227. The summed E-state index contributed by atoms with van der Waals surface area (Å²) in [5.41, 5.74) is 6.14. The molecule has 0 unspecified atom stereocenters. The van der Waals surface area contributed by atoms with Crippen molar-refractivity contribution >= 4 is 29.0 Å². The lowest BCUT2D eigenvalue weighted by Gasteiger charge is -2.25. The van der Waals surface area contributed by atoms with Crippen molar-refractivity contribution in [1.29, 1.82) is 0 Å². The van der Waals surface area contributed by atoms with E-state index in [0.717, 1.165) is 5.56 Å². The molecule has 1 amide bonds. The second-order valence-electron chi connectivity index (χ2n) is 6.87. The smallest absolute Gasteiger partial charge is 0.330 e. The van der Waals surface area contributed by atoms with Crippen LogP contribution < -0.4 is 21.9 Å². The molecule has 3 aromatic rings. The van der Waals surface area contributed by atoms with Crippen molar-refractivity contribution in [2.24, 2.45) is 0 Å². The Morgan fingerprint density at radius 3 is 2.48 bits per heavy atom. The van der Waals surface area contributed by atoms with E-state index in [0.29, 0.717) is 10.6 Å². The number of aromatic amines is 1. The predicted octanol–water partition coefficient (Wildman–Crippen LogP) is 2.19. The molecule has 31 heavy (non-hydrogen) atoms. The van der Waals surface area contributed by atoms with Gasteiger partial charge in [-0.3, -0.25) is 24.0 Å². The number of anilines is 2. The van der Waals surface area contributed by atoms with Crippen LogP contribution in [0, 0.1) is 0 Å². The summed E-state index contributed by atoms with van der Waals surface area (Å²) in [5, 5.41) is 0.447. The first-order valence-electron chi connectivity index (χ1n) is 9.61. The number of hydrogen-bond donors (Lipinski definition) is 2. The summed E-state index contributed by atoms with van der Waals surface area (Å²) in [5.74, 6) is -0.486. The zero-order valence-electron chi connectivity index (χ0n) is 17.0. The number of nitrogens with one attached hydrogen (secondary N) is 1. The highest BCUT2D eigenvalue weighted by Crippen LogP contribution is 2.23. The van der Waals surface area contributed by atoms with E-state index in [-0.39, 0.29) is 43.5 Å². The summed E-state index contributed by atoms with van der Waals surface area (Å²) in [6.45, 7) is 0.435. The number of rotatable bonds is 8. The van der Waals surface area contributed by atoms with E-state index in [2.05, 4.69) is 4.98 Å². The van der Waals surface area contributed by atoms with Crippen molar-refractivity contribution in [1.82, 2.24) is 9.55 Å². The number of nitrogens with zero attached hydrogens (tertiary/aromatic N) is 2. The lowest BCUT2D eigenvalue weighted by molar-refractivity contribution is -0.118. The summed E-state index contributed by atoms with van der Waals surface area (Å²) in [4.78, 5) is 41.9. The van der Waals surface area contributed by atoms with Crippen molar-refractivity contribution in [3.05, 3.63) is 91.6 Å². The highest BCUT2D eigenvalue weighted by atomic mass is 35.5. The van der Waals surface area contributed by atoms with Crippen LogP contribution in [0.15, 0.2) is 64.2 Å². The number of methoxy groups -OCH3 is 1. The van der Waals surface area contributed by atoms with E-state index in [1.807, 2.05) is 30.3 Å². The van der Waals surface area contributed by atoms with Crippen LogP contribution in [0.1, 0.15) is 11.1 Å². The van der Waals surface area contributed by atoms with Gasteiger partial charge in [0.05, 0.1) is 26.1 Å². The van der Waals surface area contributed by atoms with Crippen LogP contribution in [0.4, 0.5) is 11.5 Å². The van der Waals surface area contributed by atoms with E-state index < -0.39 is 11.2 Å². The minimum Gasteiger partial charge on any atom is -0.383 e. The lowest BCUT2D eigenvalue weighted by atomic mass is 10.1. The van der Waals surface area contributed by atoms with Crippen molar-refractivity contribution < 1.29 is 9.53 Å². The Hall–Kier alpha value is -3.36. The van der Waals surface area contributed by atoms with Crippen LogP contribution in [0.2, 0.25) is 5.02 Å². The number of nitrogens with two attached hydrogens (primary N) is 1. The molecule has 2 aromatic carbocycles. The van der Waals surface area contributed by atoms with Gasteiger partial charge in [-0.1, -0.05) is 60.1 Å². The number of nitrogen functional groups attached to an aromatic ring is 1. The van der Waals surface area contributed by atoms with Crippen molar-refractivity contribution in [3.63, 3.8) is 0 Å². The average molecular weight is 443 g/mol. The van der Waals surface area contributed by atoms with E-state index >= 15 is 0 Å². The Morgan fingerprint density at radius 2 is 1.81 bits per heavy atom. The SMILES string of the molecule is COCCn1c(N)c(N(Cc2ccccc2)C(=O)Cc2ccccc2Cl)c(=O)[nH]c1=O. The molecule has 3 rings (SSSR count). The average Bonchev–Trinajstić information content (AvgIpc) is 2.75. The first-order valence-corrected chi connectivity index (χ1v) is 9.99. The van der Waals surface area contributed by atoms with Gasteiger partial charge in [-0.25, -0.2) is 4.79 Å². The number of carbonyl (C=O) groups excluding carboxylic acids is 1. The Kier molecular flexibility index (Phi) is 7.28. The number of carbonyl (C=O) groups is 1. The Labute approximate surface area is 183 Å². The predicted molar refractivity (Wildman–Crippen MR) is 120 cm³/mol. The molecule has 162 valence electrons. The molecule has 0 aliphatic heterocycles. The largest absolute Gasteiger partial charge is 0.383 e. The van der Waals surface area contributed by atoms with E-state index in [1.54, 1.807) is 24.3 Å². The fourth-order valence-corrected chi connectivity index (χ4v) is 3.40. The number of benzene rings is 2. The quantitative estimate of drug-likeness (QED) is 0.555. The maximum atomic E-state index is 13.3. The van der Waals surface area contributed by atoms with Crippen LogP contribution in [-0.2, 0) is 29.0 Å². The molecule has 0 atom stereocenters. The number of H-pyrrole nitrogens is 1. The molecule has 0 saturated carbocycles. The lowest BCUT2D eigenvalue weighted by Crippen LogP contribution is -2.41. The van der Waals surface area contributed by atoms with Gasteiger partial charge in [0.25, 0.3) is 5.56 Å². The number of halogens is 1. The Balaban J connectivity index is 2.08. The van der Waals surface area contributed by atoms with Crippen molar-refractivity contribution in [2.45, 2.75) is 19.5 Å². The molecule has 0 bridgehead atoms. The number of amides is 1. The molecule has 1 aromatic heterocycles. The molecule has 9 heteroatoms. The van der Waals surface area contributed by atoms with Crippen LogP contribution >= 0.6 is 11.6 Å². The van der Waals surface area contributed by atoms with Crippen LogP contribution in [0.25, 0.3) is 0 Å². The minimum absolute atomic E-state index is 0.0391. The molecule has 0 radical (unpaired) electrons. The van der Waals surface area contributed by atoms with Crippen LogP contribution in [-0.4, -0.2) is 29.2 Å². The van der Waals surface area contributed by atoms with Gasteiger partial charge in [-0.15, -0.1) is 0 Å². The summed E-state index contributed by atoms with van der Waals surface area (Å²) in [6.07, 6.45) is -0.0391. The second kappa shape index (κ2) is 10.1. The first-order chi connectivity index (χ1) is 14.9. The van der Waals surface area contributed by atoms with Crippen LogP contribution in [0.5, 0.6) is 0 Å². The molecule has 1 heterocycles. The third-order valence-electron chi connectivity index (χ3n) is 4.79. The monoisotopic (exact) mass is 442 g/mol. The molecule has 0 saturated heterocycles. The molecular weight excluding hydrogens is 420 g/mol. The van der Waals surface area contributed by atoms with E-state index in [9.17, 15) is 14.4 Å². The second-order valence-corrected chi connectivity index (χ2v) is 7.28. The normalized spacial score (nSPS) is 10.8. The molecule has 0 fully saturated rings. The first kappa shape index (κ1) is 22.3. The van der Waals surface area contributed by atoms with Gasteiger partial charge < -0.3 is 10.5 Å². The van der Waals surface area contributed by atoms with E-state index in [4.69, 9.17) is 22.1 Å². The molecule has 0 spiro atoms. The molecule has 3 N–H and O–H groups in total. The van der Waals surface area contributed by atoms with Gasteiger partial charge in [-0.05, 0) is 17.2 Å². The summed E-state index contributed by atoms with van der Waals surface area (Å²) in [7, 11) is 1.49. The summed E-state index contributed by atoms with van der Waals surface area (Å²) >= 11 is 6.22. The Morgan fingerprint density at radius 1 is 1.13 bits per heavy atom. The molecule has 0 aliphatic carbocycles. The van der Waals surface area contributed by atoms with Gasteiger partial charge in [0.15, 0.2) is 5.69 Å². The maximum Gasteiger partial charge on any atom is 0.330 e.